The van der Waals surface area contributed by atoms with Crippen LogP contribution in [-0.4, -0.2) is 46.7 Å². The number of carbonyl (C=O) groups is 1. The molecule has 2 aromatic carbocycles. The molecule has 7 heteroatoms. The van der Waals surface area contributed by atoms with Crippen molar-refractivity contribution in [3.05, 3.63) is 76.7 Å². The van der Waals surface area contributed by atoms with Crippen molar-refractivity contribution in [1.29, 1.82) is 0 Å². The first-order chi connectivity index (χ1) is 15.2. The van der Waals surface area contributed by atoms with Gasteiger partial charge in [0.05, 0.1) is 24.9 Å². The van der Waals surface area contributed by atoms with Gasteiger partial charge in [-0.05, 0) is 16.7 Å². The molecule has 6 nitrogen and oxygen atoms in total. The molecule has 5 rings (SSSR count). The third kappa shape index (κ3) is 3.89. The van der Waals surface area contributed by atoms with Crippen LogP contribution in [0.2, 0.25) is 0 Å². The zero-order valence-electron chi connectivity index (χ0n) is 16.9. The summed E-state index contributed by atoms with van der Waals surface area (Å²) < 4.78 is 6.71. The van der Waals surface area contributed by atoms with Gasteiger partial charge >= 0.3 is 0 Å². The van der Waals surface area contributed by atoms with Crippen molar-refractivity contribution in [3.8, 4) is 22.3 Å². The fourth-order valence-corrected chi connectivity index (χ4v) is 4.73. The summed E-state index contributed by atoms with van der Waals surface area (Å²) in [5.41, 5.74) is 3.90. The van der Waals surface area contributed by atoms with Gasteiger partial charge < -0.3 is 9.64 Å². The average molecular weight is 432 g/mol. The van der Waals surface area contributed by atoms with Crippen LogP contribution in [0.3, 0.4) is 0 Å². The molecule has 3 heterocycles. The minimum atomic E-state index is -0.185. The highest BCUT2D eigenvalue weighted by atomic mass is 32.1. The Morgan fingerprint density at radius 1 is 0.968 bits per heavy atom. The predicted octanol–water partition coefficient (Wildman–Crippen LogP) is 3.65. The number of hydrogen-bond donors (Lipinski definition) is 0. The molecule has 1 saturated heterocycles. The second-order valence-electron chi connectivity index (χ2n) is 7.44. The summed E-state index contributed by atoms with van der Waals surface area (Å²) in [5, 5.41) is 2.53. The third-order valence-electron chi connectivity index (χ3n) is 5.53. The summed E-state index contributed by atoms with van der Waals surface area (Å²) in [5.74, 6) is -0.0875. The first kappa shape index (κ1) is 19.7. The topological polar surface area (TPSA) is 64.4 Å². The summed E-state index contributed by atoms with van der Waals surface area (Å²) >= 11 is 1.44. The highest BCUT2D eigenvalue weighted by molar-refractivity contribution is 7.17. The Kier molecular flexibility index (Phi) is 5.36. The molecule has 0 aliphatic carbocycles. The van der Waals surface area contributed by atoms with Gasteiger partial charge in [0.25, 0.3) is 5.56 Å². The molecule has 4 aromatic rings. The van der Waals surface area contributed by atoms with Crippen LogP contribution in [0.4, 0.5) is 0 Å². The molecule has 0 spiro atoms. The number of hydrogen-bond acceptors (Lipinski definition) is 5. The normalized spacial score (nSPS) is 14.1. The first-order valence-corrected chi connectivity index (χ1v) is 11.1. The van der Waals surface area contributed by atoms with Gasteiger partial charge in [0.1, 0.15) is 11.4 Å². The minimum Gasteiger partial charge on any atom is -0.378 e. The SMILES string of the molecule is O=C(Cn1cnc2scc(-c3ccc(-c4ccccc4)cc3)c2c1=O)N1CCOCC1. The van der Waals surface area contributed by atoms with E-state index in [9.17, 15) is 9.59 Å². The van der Waals surface area contributed by atoms with Crippen LogP contribution in [-0.2, 0) is 16.1 Å². The molecule has 1 fully saturated rings. The molecule has 0 atom stereocenters. The summed E-state index contributed by atoms with van der Waals surface area (Å²) in [6.07, 6.45) is 1.47. The van der Waals surface area contributed by atoms with E-state index >= 15 is 0 Å². The molecule has 0 bridgehead atoms. The van der Waals surface area contributed by atoms with Gasteiger partial charge in [0.2, 0.25) is 5.91 Å². The van der Waals surface area contributed by atoms with E-state index in [2.05, 4.69) is 29.2 Å². The van der Waals surface area contributed by atoms with Crippen molar-refractivity contribution in [1.82, 2.24) is 14.5 Å². The number of benzene rings is 2. The zero-order valence-corrected chi connectivity index (χ0v) is 17.7. The van der Waals surface area contributed by atoms with Crippen LogP contribution in [0, 0.1) is 0 Å². The fourth-order valence-electron chi connectivity index (χ4n) is 3.82. The van der Waals surface area contributed by atoms with E-state index < -0.39 is 0 Å². The summed E-state index contributed by atoms with van der Waals surface area (Å²) in [6, 6.07) is 18.3. The van der Waals surface area contributed by atoms with Crippen LogP contribution in [0.15, 0.2) is 71.1 Å². The first-order valence-electron chi connectivity index (χ1n) is 10.2. The molecule has 0 saturated carbocycles. The van der Waals surface area contributed by atoms with Crippen molar-refractivity contribution in [2.75, 3.05) is 26.3 Å². The van der Waals surface area contributed by atoms with E-state index in [1.807, 2.05) is 35.7 Å². The molecule has 0 unspecified atom stereocenters. The molecule has 1 amide bonds. The van der Waals surface area contributed by atoms with Crippen LogP contribution >= 0.6 is 11.3 Å². The highest BCUT2D eigenvalue weighted by Crippen LogP contribution is 2.32. The maximum absolute atomic E-state index is 13.2. The lowest BCUT2D eigenvalue weighted by atomic mass is 10.0. The Bertz CT molecular complexity index is 1270. The van der Waals surface area contributed by atoms with Crippen molar-refractivity contribution in [2.24, 2.45) is 0 Å². The number of nitrogens with zero attached hydrogens (tertiary/aromatic N) is 3. The fraction of sp³-hybridized carbons (Fsp3) is 0.208. The summed E-state index contributed by atoms with van der Waals surface area (Å²) in [6.45, 7) is 2.17. The van der Waals surface area contributed by atoms with E-state index in [1.54, 1.807) is 4.90 Å². The number of rotatable bonds is 4. The van der Waals surface area contributed by atoms with Crippen LogP contribution < -0.4 is 5.56 Å². The second-order valence-corrected chi connectivity index (χ2v) is 8.30. The van der Waals surface area contributed by atoms with Gasteiger partial charge in [-0.1, -0.05) is 54.6 Å². The lowest BCUT2D eigenvalue weighted by molar-refractivity contribution is -0.135. The summed E-state index contributed by atoms with van der Waals surface area (Å²) in [4.78, 5) is 32.7. The van der Waals surface area contributed by atoms with E-state index in [0.717, 1.165) is 22.3 Å². The van der Waals surface area contributed by atoms with Crippen molar-refractivity contribution in [3.63, 3.8) is 0 Å². The Labute approximate surface area is 183 Å². The number of amides is 1. The smallest absolute Gasteiger partial charge is 0.263 e. The van der Waals surface area contributed by atoms with Gasteiger partial charge in [-0.15, -0.1) is 11.3 Å². The van der Waals surface area contributed by atoms with E-state index in [-0.39, 0.29) is 18.0 Å². The van der Waals surface area contributed by atoms with Gasteiger partial charge in [0, 0.05) is 24.0 Å². The van der Waals surface area contributed by atoms with Crippen molar-refractivity contribution < 1.29 is 9.53 Å². The van der Waals surface area contributed by atoms with Crippen LogP contribution in [0.5, 0.6) is 0 Å². The molecule has 1 aliphatic heterocycles. The number of fused-ring (bicyclic) bond motifs is 1. The van der Waals surface area contributed by atoms with Crippen molar-refractivity contribution >= 4 is 27.5 Å². The number of carbonyl (C=O) groups excluding carboxylic acids is 1. The Hall–Kier alpha value is -3.29. The van der Waals surface area contributed by atoms with Gasteiger partial charge in [-0.3, -0.25) is 14.2 Å². The largest absolute Gasteiger partial charge is 0.378 e. The van der Waals surface area contributed by atoms with Crippen LogP contribution in [0.25, 0.3) is 32.5 Å². The molecular weight excluding hydrogens is 410 g/mol. The Balaban J connectivity index is 1.47. The Morgan fingerprint density at radius 2 is 1.65 bits per heavy atom. The third-order valence-corrected chi connectivity index (χ3v) is 6.42. The van der Waals surface area contributed by atoms with E-state index in [4.69, 9.17) is 4.74 Å². The second kappa shape index (κ2) is 8.45. The van der Waals surface area contributed by atoms with Crippen LogP contribution in [0.1, 0.15) is 0 Å². The number of aromatic nitrogens is 2. The molecule has 31 heavy (non-hydrogen) atoms. The van der Waals surface area contributed by atoms with Crippen molar-refractivity contribution in [2.45, 2.75) is 6.54 Å². The van der Waals surface area contributed by atoms with Gasteiger partial charge in [0.15, 0.2) is 0 Å². The molecule has 2 aromatic heterocycles. The summed E-state index contributed by atoms with van der Waals surface area (Å²) in [7, 11) is 0. The molecule has 1 aliphatic rings. The quantitative estimate of drug-likeness (QED) is 0.495. The molecular formula is C24H21N3O3S. The number of morpholine rings is 1. The predicted molar refractivity (Wildman–Crippen MR) is 122 cm³/mol. The number of ether oxygens (including phenoxy) is 1. The Morgan fingerprint density at radius 3 is 2.39 bits per heavy atom. The molecule has 156 valence electrons. The maximum Gasteiger partial charge on any atom is 0.263 e. The minimum absolute atomic E-state index is 0.00992. The van der Waals surface area contributed by atoms with E-state index in [1.165, 1.54) is 22.2 Å². The highest BCUT2D eigenvalue weighted by Gasteiger charge is 2.19. The maximum atomic E-state index is 13.2. The standard InChI is InChI=1S/C24H21N3O3S/c28-21(26-10-12-30-13-11-26)14-27-16-25-23-22(24(27)29)20(15-31-23)19-8-6-18(7-9-19)17-4-2-1-3-5-17/h1-9,15-16H,10-14H2. The monoisotopic (exact) mass is 431 g/mol. The van der Waals surface area contributed by atoms with Gasteiger partial charge in [-0.2, -0.15) is 0 Å². The van der Waals surface area contributed by atoms with Gasteiger partial charge in [-0.25, -0.2) is 4.98 Å². The average Bonchev–Trinajstić information content (AvgIpc) is 3.27. The molecule has 0 N–H and O–H groups in total. The zero-order chi connectivity index (χ0) is 21.2. The lowest BCUT2D eigenvalue weighted by Gasteiger charge is -2.26. The van der Waals surface area contributed by atoms with E-state index in [0.29, 0.717) is 36.5 Å². The lowest BCUT2D eigenvalue weighted by Crippen LogP contribution is -2.43. The number of thiophene rings is 1. The molecule has 0 radical (unpaired) electrons.